The van der Waals surface area contributed by atoms with Crippen LogP contribution in [0.25, 0.3) is 17.1 Å². The molecule has 4 heterocycles. The molecule has 2 aromatic heterocycles. The van der Waals surface area contributed by atoms with E-state index in [-0.39, 0.29) is 31.5 Å². The average Bonchev–Trinajstić information content (AvgIpc) is 3.24. The van der Waals surface area contributed by atoms with Crippen LogP contribution in [0.5, 0.6) is 0 Å². The van der Waals surface area contributed by atoms with Gasteiger partial charge in [-0.15, -0.1) is 5.10 Å². The molecule has 2 aliphatic heterocycles. The van der Waals surface area contributed by atoms with E-state index in [0.29, 0.717) is 49.0 Å². The minimum atomic E-state index is -2.66. The fourth-order valence-electron chi connectivity index (χ4n) is 4.78. The molecule has 2 saturated heterocycles. The molecule has 0 amide bonds. The molecule has 0 atom stereocenters. The lowest BCUT2D eigenvalue weighted by molar-refractivity contribution is -0.0222. The number of aryl methyl sites for hydroxylation is 1. The van der Waals surface area contributed by atoms with Crippen LogP contribution in [0.2, 0.25) is 0 Å². The molecule has 0 bridgehead atoms. The van der Waals surface area contributed by atoms with Crippen LogP contribution in [0.15, 0.2) is 40.4 Å². The molecule has 3 aromatic rings. The van der Waals surface area contributed by atoms with Crippen molar-refractivity contribution in [2.75, 3.05) is 36.0 Å². The van der Waals surface area contributed by atoms with Gasteiger partial charge in [-0.2, -0.15) is 8.78 Å². The molecule has 2 fully saturated rings. The van der Waals surface area contributed by atoms with Crippen molar-refractivity contribution in [3.05, 3.63) is 51.8 Å². The third kappa shape index (κ3) is 5.34. The summed E-state index contributed by atoms with van der Waals surface area (Å²) in [5, 5.41) is 8.81. The summed E-state index contributed by atoms with van der Waals surface area (Å²) in [6.07, 6.45) is -1.42. The minimum absolute atomic E-state index is 0.183. The highest BCUT2D eigenvalue weighted by molar-refractivity contribution is 9.10. The van der Waals surface area contributed by atoms with Crippen molar-refractivity contribution < 1.29 is 17.6 Å². The van der Waals surface area contributed by atoms with Crippen LogP contribution in [0, 0.1) is 13.8 Å². The molecule has 5 rings (SSSR count). The fraction of sp³-hybridized carbons (Fsp3) is 0.440. The lowest BCUT2D eigenvalue weighted by atomic mass is 10.0. The van der Waals surface area contributed by atoms with E-state index >= 15 is 0 Å². The number of aromatic nitrogens is 5. The molecule has 0 aliphatic carbocycles. The third-order valence-corrected chi connectivity index (χ3v) is 7.39. The average molecular weight is 580 g/mol. The predicted octanol–water partition coefficient (Wildman–Crippen LogP) is 6.09. The van der Waals surface area contributed by atoms with Crippen LogP contribution in [-0.2, 0) is 0 Å². The molecular formula is C25H26BrF4N7. The molecule has 0 spiro atoms. The number of hydrogen-bond donors (Lipinski definition) is 0. The number of nitrogens with zero attached hydrogens (tertiary/aromatic N) is 7. The number of anilines is 2. The molecule has 2 aliphatic rings. The summed E-state index contributed by atoms with van der Waals surface area (Å²) in [6.45, 7) is 5.03. The first-order valence-electron chi connectivity index (χ1n) is 12.1. The highest BCUT2D eigenvalue weighted by Crippen LogP contribution is 2.34. The number of rotatable bonds is 4. The molecule has 37 heavy (non-hydrogen) atoms. The molecule has 0 saturated carbocycles. The molecule has 1 aromatic carbocycles. The van der Waals surface area contributed by atoms with Gasteiger partial charge >= 0.3 is 0 Å². The van der Waals surface area contributed by atoms with Gasteiger partial charge in [0.2, 0.25) is 5.95 Å². The summed E-state index contributed by atoms with van der Waals surface area (Å²) in [4.78, 5) is 13.0. The molecule has 0 radical (unpaired) electrons. The molecule has 0 unspecified atom stereocenters. The first-order valence-corrected chi connectivity index (χ1v) is 12.9. The van der Waals surface area contributed by atoms with E-state index in [1.165, 1.54) is 0 Å². The van der Waals surface area contributed by atoms with Gasteiger partial charge in [-0.3, -0.25) is 0 Å². The molecule has 0 N–H and O–H groups in total. The van der Waals surface area contributed by atoms with Crippen LogP contribution in [0.1, 0.15) is 37.1 Å². The Kier molecular flexibility index (Phi) is 6.95. The van der Waals surface area contributed by atoms with Crippen molar-refractivity contribution in [3.63, 3.8) is 0 Å². The second kappa shape index (κ2) is 10.0. The monoisotopic (exact) mass is 579 g/mol. The van der Waals surface area contributed by atoms with Gasteiger partial charge in [0, 0.05) is 49.2 Å². The van der Waals surface area contributed by atoms with Gasteiger partial charge < -0.3 is 9.80 Å². The number of alkyl halides is 2. The Labute approximate surface area is 220 Å². The fourth-order valence-corrected chi connectivity index (χ4v) is 5.13. The van der Waals surface area contributed by atoms with Crippen LogP contribution < -0.4 is 9.80 Å². The second-order valence-corrected chi connectivity index (χ2v) is 10.4. The molecule has 196 valence electrons. The van der Waals surface area contributed by atoms with Gasteiger partial charge in [0.05, 0.1) is 22.8 Å². The summed E-state index contributed by atoms with van der Waals surface area (Å²) in [5.74, 6) is -2.25. The Morgan fingerprint density at radius 1 is 0.919 bits per heavy atom. The number of hydrogen-bond acceptors (Lipinski definition) is 6. The van der Waals surface area contributed by atoms with E-state index in [4.69, 9.17) is 0 Å². The predicted molar refractivity (Wildman–Crippen MR) is 137 cm³/mol. The summed E-state index contributed by atoms with van der Waals surface area (Å²) in [5.41, 5.74) is 4.41. The Bertz CT molecular complexity index is 1330. The second-order valence-electron chi connectivity index (χ2n) is 9.46. The van der Waals surface area contributed by atoms with Crippen molar-refractivity contribution in [1.82, 2.24) is 25.0 Å². The number of halogens is 5. The summed E-state index contributed by atoms with van der Waals surface area (Å²) < 4.78 is 56.0. The summed E-state index contributed by atoms with van der Waals surface area (Å²) >= 11 is 3.52. The van der Waals surface area contributed by atoms with E-state index in [9.17, 15) is 17.6 Å². The van der Waals surface area contributed by atoms with Gasteiger partial charge in [0.15, 0.2) is 0 Å². The van der Waals surface area contributed by atoms with Crippen LogP contribution >= 0.6 is 15.9 Å². The largest absolute Gasteiger partial charge is 0.369 e. The zero-order chi connectivity index (χ0) is 26.3. The first kappa shape index (κ1) is 25.6. The van der Waals surface area contributed by atoms with Crippen molar-refractivity contribution in [1.29, 1.82) is 0 Å². The summed E-state index contributed by atoms with van der Waals surface area (Å²) in [6, 6.07) is 7.57. The van der Waals surface area contributed by atoms with E-state index in [1.807, 2.05) is 32.0 Å². The van der Waals surface area contributed by atoms with E-state index in [2.05, 4.69) is 41.1 Å². The summed E-state index contributed by atoms with van der Waals surface area (Å²) in [7, 11) is 0. The zero-order valence-corrected chi connectivity index (χ0v) is 22.1. The Morgan fingerprint density at radius 3 is 2.30 bits per heavy atom. The maximum absolute atomic E-state index is 13.7. The highest BCUT2D eigenvalue weighted by atomic mass is 79.9. The van der Waals surface area contributed by atoms with Crippen molar-refractivity contribution in [3.8, 4) is 17.1 Å². The molecule has 12 heteroatoms. The Balaban J connectivity index is 1.47. The third-order valence-electron chi connectivity index (χ3n) is 6.90. The first-order chi connectivity index (χ1) is 17.6. The van der Waals surface area contributed by atoms with Crippen molar-refractivity contribution in [2.24, 2.45) is 0 Å². The number of piperidine rings is 2. The van der Waals surface area contributed by atoms with Crippen molar-refractivity contribution in [2.45, 2.75) is 45.5 Å². The van der Waals surface area contributed by atoms with E-state index in [1.54, 1.807) is 15.6 Å². The van der Waals surface area contributed by atoms with Gasteiger partial charge in [0.1, 0.15) is 5.69 Å². The maximum atomic E-state index is 13.7. The lowest BCUT2D eigenvalue weighted by Crippen LogP contribution is -2.40. The normalized spacial score (nSPS) is 17.9. The number of benzene rings is 1. The van der Waals surface area contributed by atoms with Crippen molar-refractivity contribution >= 4 is 27.6 Å². The smallest absolute Gasteiger partial charge is 0.269 e. The van der Waals surface area contributed by atoms with Gasteiger partial charge in [0.25, 0.3) is 12.0 Å². The molecular weight excluding hydrogens is 554 g/mol. The van der Waals surface area contributed by atoms with Gasteiger partial charge in [-0.05, 0) is 56.5 Å². The van der Waals surface area contributed by atoms with Gasteiger partial charge in [-0.1, -0.05) is 21.1 Å². The Hall–Kier alpha value is -3.02. The van der Waals surface area contributed by atoms with Crippen LogP contribution in [-0.4, -0.2) is 57.1 Å². The minimum Gasteiger partial charge on any atom is -0.369 e. The maximum Gasteiger partial charge on any atom is 0.269 e. The highest BCUT2D eigenvalue weighted by Gasteiger charge is 2.35. The zero-order valence-electron chi connectivity index (χ0n) is 20.5. The van der Waals surface area contributed by atoms with Crippen LogP contribution in [0.3, 0.4) is 0 Å². The molecule has 7 nitrogen and oxygen atoms in total. The lowest BCUT2D eigenvalue weighted by Gasteiger charge is -2.32. The standard InChI is InChI=1S/C25H26BrF4N7/c1-15-13-19(32-24(31-15)36-11-7-25(29,30)8-12-36)22-16(2)37(34-33-22)20-4-3-18(26)14-21(20)35-9-5-17(6-10-35)23(27)28/h3-4,13-14H,5-12H2,1-2H3. The van der Waals surface area contributed by atoms with E-state index in [0.717, 1.165) is 21.5 Å². The SMILES string of the molecule is Cc1cc(-c2nnn(-c3ccc(Br)cc3N3CCC(=C(F)F)CC3)c2C)nc(N2CCC(F)(F)CC2)n1. The van der Waals surface area contributed by atoms with Gasteiger partial charge in [-0.25, -0.2) is 23.4 Å². The Morgan fingerprint density at radius 2 is 1.62 bits per heavy atom. The topological polar surface area (TPSA) is 63.0 Å². The van der Waals surface area contributed by atoms with E-state index < -0.39 is 12.0 Å². The van der Waals surface area contributed by atoms with Crippen LogP contribution in [0.4, 0.5) is 29.2 Å². The quantitative estimate of drug-likeness (QED) is 0.348.